The Bertz CT molecular complexity index is 620. The van der Waals surface area contributed by atoms with Crippen molar-refractivity contribution in [1.29, 1.82) is 0 Å². The van der Waals surface area contributed by atoms with E-state index in [2.05, 4.69) is 15.7 Å². The summed E-state index contributed by atoms with van der Waals surface area (Å²) in [4.78, 5) is 12.9. The lowest BCUT2D eigenvalue weighted by atomic mass is 9.87. The molecule has 1 aliphatic heterocycles. The van der Waals surface area contributed by atoms with E-state index >= 15 is 0 Å². The second-order valence-corrected chi connectivity index (χ2v) is 5.57. The highest BCUT2D eigenvalue weighted by Crippen LogP contribution is 2.30. The highest BCUT2D eigenvalue weighted by Gasteiger charge is 2.42. The molecule has 3 rings (SSSR count). The summed E-state index contributed by atoms with van der Waals surface area (Å²) in [5.74, 6) is -0.0687. The van der Waals surface area contributed by atoms with E-state index < -0.39 is 5.54 Å². The second kappa shape index (κ2) is 5.87. The lowest BCUT2D eigenvalue weighted by Crippen LogP contribution is -2.52. The van der Waals surface area contributed by atoms with Crippen molar-refractivity contribution in [2.24, 2.45) is 0 Å². The van der Waals surface area contributed by atoms with E-state index in [9.17, 15) is 4.79 Å². The van der Waals surface area contributed by atoms with Gasteiger partial charge in [0.1, 0.15) is 5.54 Å². The standard InChI is InChI=1S/C15H17ClN4O/c16-12-4-1-2-5-13(12)19-14(21)15(6-9-17-10-7-15)20-11-3-8-18-20/h1-5,8,11,17H,6-7,9-10H2,(H,19,21). The van der Waals surface area contributed by atoms with Crippen LogP contribution in [-0.2, 0) is 10.3 Å². The van der Waals surface area contributed by atoms with Gasteiger partial charge in [-0.3, -0.25) is 9.48 Å². The Morgan fingerprint density at radius 1 is 1.29 bits per heavy atom. The molecule has 1 amide bonds. The van der Waals surface area contributed by atoms with Gasteiger partial charge in [0.25, 0.3) is 5.91 Å². The molecule has 21 heavy (non-hydrogen) atoms. The highest BCUT2D eigenvalue weighted by atomic mass is 35.5. The highest BCUT2D eigenvalue weighted by molar-refractivity contribution is 6.33. The minimum Gasteiger partial charge on any atom is -0.323 e. The maximum absolute atomic E-state index is 12.9. The number of benzene rings is 1. The van der Waals surface area contributed by atoms with Gasteiger partial charge in [-0.2, -0.15) is 5.10 Å². The molecule has 0 radical (unpaired) electrons. The van der Waals surface area contributed by atoms with E-state index in [0.717, 1.165) is 13.1 Å². The van der Waals surface area contributed by atoms with Crippen molar-refractivity contribution in [3.8, 4) is 0 Å². The molecule has 1 saturated heterocycles. The molecule has 1 aliphatic rings. The molecule has 1 aromatic carbocycles. The molecule has 1 fully saturated rings. The number of para-hydroxylation sites is 1. The van der Waals surface area contributed by atoms with E-state index in [4.69, 9.17) is 11.6 Å². The third-order valence-electron chi connectivity index (χ3n) is 3.92. The predicted octanol–water partition coefficient (Wildman–Crippen LogP) is 2.25. The number of hydrogen-bond donors (Lipinski definition) is 2. The molecule has 0 atom stereocenters. The summed E-state index contributed by atoms with van der Waals surface area (Å²) in [5.41, 5.74) is -0.0253. The lowest BCUT2D eigenvalue weighted by molar-refractivity contribution is -0.126. The molecule has 110 valence electrons. The lowest BCUT2D eigenvalue weighted by Gasteiger charge is -2.36. The summed E-state index contributed by atoms with van der Waals surface area (Å²) in [6.07, 6.45) is 4.94. The first-order chi connectivity index (χ1) is 10.2. The SMILES string of the molecule is O=C(Nc1ccccc1Cl)C1(n2cccn2)CCNCC1. The van der Waals surface area contributed by atoms with Crippen LogP contribution in [0, 0.1) is 0 Å². The van der Waals surface area contributed by atoms with Crippen LogP contribution in [0.2, 0.25) is 5.02 Å². The minimum atomic E-state index is -0.659. The Balaban J connectivity index is 1.90. The zero-order chi connectivity index (χ0) is 14.7. The smallest absolute Gasteiger partial charge is 0.252 e. The number of anilines is 1. The van der Waals surface area contributed by atoms with Crippen molar-refractivity contribution in [1.82, 2.24) is 15.1 Å². The fourth-order valence-electron chi connectivity index (χ4n) is 2.72. The van der Waals surface area contributed by atoms with Gasteiger partial charge >= 0.3 is 0 Å². The molecule has 2 heterocycles. The van der Waals surface area contributed by atoms with Crippen molar-refractivity contribution in [3.05, 3.63) is 47.7 Å². The third-order valence-corrected chi connectivity index (χ3v) is 4.25. The summed E-state index contributed by atoms with van der Waals surface area (Å²) in [6.45, 7) is 1.58. The van der Waals surface area contributed by atoms with Gasteiger partial charge in [-0.15, -0.1) is 0 Å². The van der Waals surface area contributed by atoms with Crippen LogP contribution in [0.1, 0.15) is 12.8 Å². The van der Waals surface area contributed by atoms with E-state index in [1.807, 2.05) is 24.4 Å². The van der Waals surface area contributed by atoms with Gasteiger partial charge in [0.2, 0.25) is 0 Å². The summed E-state index contributed by atoms with van der Waals surface area (Å²) in [7, 11) is 0. The molecule has 0 spiro atoms. The monoisotopic (exact) mass is 304 g/mol. The molecule has 0 aliphatic carbocycles. The number of nitrogens with one attached hydrogen (secondary N) is 2. The van der Waals surface area contributed by atoms with Crippen LogP contribution in [0.5, 0.6) is 0 Å². The maximum Gasteiger partial charge on any atom is 0.252 e. The Hall–Kier alpha value is -1.85. The summed E-state index contributed by atoms with van der Waals surface area (Å²) < 4.78 is 1.76. The normalized spacial score (nSPS) is 17.4. The Morgan fingerprint density at radius 3 is 2.71 bits per heavy atom. The fraction of sp³-hybridized carbons (Fsp3) is 0.333. The van der Waals surface area contributed by atoms with E-state index in [0.29, 0.717) is 23.6 Å². The number of nitrogens with zero attached hydrogens (tertiary/aromatic N) is 2. The zero-order valence-electron chi connectivity index (χ0n) is 11.6. The molecule has 2 N–H and O–H groups in total. The summed E-state index contributed by atoms with van der Waals surface area (Å²) >= 11 is 6.13. The van der Waals surface area contributed by atoms with Crippen LogP contribution in [0.25, 0.3) is 0 Å². The van der Waals surface area contributed by atoms with Crippen molar-refractivity contribution in [2.75, 3.05) is 18.4 Å². The first-order valence-corrected chi connectivity index (χ1v) is 7.37. The molecule has 5 nitrogen and oxygen atoms in total. The van der Waals surface area contributed by atoms with Crippen LogP contribution in [0.4, 0.5) is 5.69 Å². The van der Waals surface area contributed by atoms with Crippen molar-refractivity contribution in [3.63, 3.8) is 0 Å². The molecule has 2 aromatic rings. The van der Waals surface area contributed by atoms with Crippen LogP contribution in [0.15, 0.2) is 42.7 Å². The van der Waals surface area contributed by atoms with Crippen LogP contribution >= 0.6 is 11.6 Å². The van der Waals surface area contributed by atoms with Crippen LogP contribution in [0.3, 0.4) is 0 Å². The Morgan fingerprint density at radius 2 is 2.05 bits per heavy atom. The summed E-state index contributed by atoms with van der Waals surface area (Å²) in [5, 5.41) is 11.1. The van der Waals surface area contributed by atoms with Gasteiger partial charge in [-0.05, 0) is 44.1 Å². The van der Waals surface area contributed by atoms with Gasteiger partial charge in [0, 0.05) is 12.4 Å². The second-order valence-electron chi connectivity index (χ2n) is 5.17. The molecule has 0 bridgehead atoms. The van der Waals surface area contributed by atoms with E-state index in [1.54, 1.807) is 23.0 Å². The van der Waals surface area contributed by atoms with Crippen LogP contribution in [-0.4, -0.2) is 28.8 Å². The van der Waals surface area contributed by atoms with Crippen molar-refractivity contribution >= 4 is 23.2 Å². The van der Waals surface area contributed by atoms with Gasteiger partial charge in [0.05, 0.1) is 10.7 Å². The number of halogens is 1. The number of amides is 1. The van der Waals surface area contributed by atoms with Crippen LogP contribution < -0.4 is 10.6 Å². The number of carbonyl (C=O) groups is 1. The van der Waals surface area contributed by atoms with Gasteiger partial charge < -0.3 is 10.6 Å². The molecule has 0 unspecified atom stereocenters. The average Bonchev–Trinajstić information content (AvgIpc) is 3.05. The van der Waals surface area contributed by atoms with Gasteiger partial charge in [0.15, 0.2) is 0 Å². The van der Waals surface area contributed by atoms with Crippen molar-refractivity contribution in [2.45, 2.75) is 18.4 Å². The molecule has 6 heteroatoms. The fourth-order valence-corrected chi connectivity index (χ4v) is 2.91. The Labute approximate surface area is 128 Å². The predicted molar refractivity (Wildman–Crippen MR) is 82.4 cm³/mol. The quantitative estimate of drug-likeness (QED) is 0.914. The van der Waals surface area contributed by atoms with E-state index in [-0.39, 0.29) is 5.91 Å². The molecular weight excluding hydrogens is 288 g/mol. The minimum absolute atomic E-state index is 0.0687. The Kier molecular flexibility index (Phi) is 3.94. The number of piperidine rings is 1. The molecular formula is C15H17ClN4O. The zero-order valence-corrected chi connectivity index (χ0v) is 12.3. The molecule has 0 saturated carbocycles. The first-order valence-electron chi connectivity index (χ1n) is 6.99. The van der Waals surface area contributed by atoms with Gasteiger partial charge in [-0.1, -0.05) is 23.7 Å². The number of aromatic nitrogens is 2. The summed E-state index contributed by atoms with van der Waals surface area (Å²) in [6, 6.07) is 9.10. The molecule has 1 aromatic heterocycles. The first kappa shape index (κ1) is 14.1. The largest absolute Gasteiger partial charge is 0.323 e. The number of hydrogen-bond acceptors (Lipinski definition) is 3. The number of rotatable bonds is 3. The third kappa shape index (κ3) is 2.66. The number of carbonyl (C=O) groups excluding carboxylic acids is 1. The topological polar surface area (TPSA) is 59.0 Å². The van der Waals surface area contributed by atoms with E-state index in [1.165, 1.54) is 0 Å². The maximum atomic E-state index is 12.9. The average molecular weight is 305 g/mol. The van der Waals surface area contributed by atoms with Crippen molar-refractivity contribution < 1.29 is 4.79 Å². The van der Waals surface area contributed by atoms with Gasteiger partial charge in [-0.25, -0.2) is 0 Å².